The summed E-state index contributed by atoms with van der Waals surface area (Å²) in [5.74, 6) is 1.09. The highest BCUT2D eigenvalue weighted by Crippen LogP contribution is 2.39. The van der Waals surface area contributed by atoms with E-state index in [1.54, 1.807) is 19.2 Å². The second kappa shape index (κ2) is 8.49. The summed E-state index contributed by atoms with van der Waals surface area (Å²) in [7, 11) is 4.57. The van der Waals surface area contributed by atoms with Gasteiger partial charge in [-0.3, -0.25) is 4.79 Å². The minimum Gasteiger partial charge on any atom is -0.493 e. The van der Waals surface area contributed by atoms with Crippen LogP contribution >= 0.6 is 0 Å². The summed E-state index contributed by atoms with van der Waals surface area (Å²) < 4.78 is 16.0. The van der Waals surface area contributed by atoms with Gasteiger partial charge in [-0.05, 0) is 36.6 Å². The third-order valence-corrected chi connectivity index (χ3v) is 4.53. The van der Waals surface area contributed by atoms with Crippen molar-refractivity contribution < 1.29 is 19.0 Å². The molecule has 0 unspecified atom stereocenters. The molecule has 1 amide bonds. The van der Waals surface area contributed by atoms with Crippen LogP contribution in [0.3, 0.4) is 0 Å². The Labute approximate surface area is 158 Å². The van der Waals surface area contributed by atoms with Crippen LogP contribution in [0.2, 0.25) is 0 Å². The summed E-state index contributed by atoms with van der Waals surface area (Å²) in [5, 5.41) is 4.17. The van der Waals surface area contributed by atoms with Gasteiger partial charge in [0.15, 0.2) is 11.5 Å². The van der Waals surface area contributed by atoms with Crippen LogP contribution in [-0.2, 0) is 6.42 Å². The first kappa shape index (κ1) is 18.6. The number of aromatic amines is 1. The summed E-state index contributed by atoms with van der Waals surface area (Å²) in [6.45, 7) is 0.565. The monoisotopic (exact) mass is 368 g/mol. The maximum absolute atomic E-state index is 12.6. The topological polar surface area (TPSA) is 72.6 Å². The first-order chi connectivity index (χ1) is 13.2. The van der Waals surface area contributed by atoms with Crippen molar-refractivity contribution in [2.24, 2.45) is 0 Å². The highest BCUT2D eigenvalue weighted by Gasteiger charge is 2.20. The molecule has 0 fully saturated rings. The van der Waals surface area contributed by atoms with E-state index >= 15 is 0 Å². The summed E-state index contributed by atoms with van der Waals surface area (Å²) in [5.41, 5.74) is 2.80. The van der Waals surface area contributed by atoms with E-state index in [2.05, 4.69) is 22.4 Å². The van der Waals surface area contributed by atoms with Crippen molar-refractivity contribution >= 4 is 16.8 Å². The maximum atomic E-state index is 12.6. The van der Waals surface area contributed by atoms with Crippen LogP contribution < -0.4 is 19.5 Å². The Kier molecular flexibility index (Phi) is 5.86. The van der Waals surface area contributed by atoms with Gasteiger partial charge in [0.1, 0.15) is 0 Å². The van der Waals surface area contributed by atoms with Crippen LogP contribution in [-0.4, -0.2) is 38.8 Å². The highest BCUT2D eigenvalue weighted by molar-refractivity contribution is 5.98. The first-order valence-electron chi connectivity index (χ1n) is 8.81. The van der Waals surface area contributed by atoms with Crippen molar-refractivity contribution in [1.82, 2.24) is 10.3 Å². The number of aryl methyl sites for hydroxylation is 1. The number of aromatic nitrogens is 1. The standard InChI is InChI=1S/C21H24N2O4/c1-25-18-11-10-16(19(26-2)20(18)27-3)21(24)22-12-6-7-14-13-23-17-9-5-4-8-15(14)17/h4-5,8-11,13,23H,6-7,12H2,1-3H3,(H,22,24). The zero-order valence-electron chi connectivity index (χ0n) is 15.8. The van der Waals surface area contributed by atoms with E-state index in [9.17, 15) is 4.79 Å². The maximum Gasteiger partial charge on any atom is 0.255 e. The number of hydrogen-bond acceptors (Lipinski definition) is 4. The number of methoxy groups -OCH3 is 3. The zero-order chi connectivity index (χ0) is 19.2. The van der Waals surface area contributed by atoms with Gasteiger partial charge in [-0.2, -0.15) is 0 Å². The van der Waals surface area contributed by atoms with Gasteiger partial charge in [0.2, 0.25) is 5.75 Å². The number of carbonyl (C=O) groups excluding carboxylic acids is 1. The van der Waals surface area contributed by atoms with Crippen LogP contribution in [0.15, 0.2) is 42.6 Å². The molecule has 3 aromatic rings. The number of H-pyrrole nitrogens is 1. The van der Waals surface area contributed by atoms with Gasteiger partial charge >= 0.3 is 0 Å². The lowest BCUT2D eigenvalue weighted by molar-refractivity contribution is 0.0949. The molecule has 1 heterocycles. The minimum atomic E-state index is -0.202. The van der Waals surface area contributed by atoms with Gasteiger partial charge < -0.3 is 24.5 Å². The van der Waals surface area contributed by atoms with Gasteiger partial charge in [-0.1, -0.05) is 18.2 Å². The summed E-state index contributed by atoms with van der Waals surface area (Å²) in [4.78, 5) is 15.8. The molecule has 3 rings (SSSR count). The molecule has 0 atom stereocenters. The Balaban J connectivity index is 1.62. The van der Waals surface area contributed by atoms with Gasteiger partial charge in [-0.15, -0.1) is 0 Å². The highest BCUT2D eigenvalue weighted by atomic mass is 16.5. The molecule has 0 aliphatic rings. The van der Waals surface area contributed by atoms with Crippen molar-refractivity contribution in [3.8, 4) is 17.2 Å². The Morgan fingerprint density at radius 2 is 1.78 bits per heavy atom. The minimum absolute atomic E-state index is 0.202. The number of ether oxygens (including phenoxy) is 3. The normalized spacial score (nSPS) is 10.6. The third-order valence-electron chi connectivity index (χ3n) is 4.53. The molecule has 2 aromatic carbocycles. The van der Waals surface area contributed by atoms with Crippen LogP contribution in [0.4, 0.5) is 0 Å². The molecule has 0 spiro atoms. The number of rotatable bonds is 8. The fourth-order valence-electron chi connectivity index (χ4n) is 3.19. The molecule has 6 heteroatoms. The molecule has 0 saturated carbocycles. The molecule has 0 aliphatic heterocycles. The lowest BCUT2D eigenvalue weighted by Gasteiger charge is -2.15. The van der Waals surface area contributed by atoms with Gasteiger partial charge in [0.25, 0.3) is 5.91 Å². The summed E-state index contributed by atoms with van der Waals surface area (Å²) in [6, 6.07) is 11.6. The average molecular weight is 368 g/mol. The van der Waals surface area contributed by atoms with Gasteiger partial charge in [0, 0.05) is 23.6 Å². The number of fused-ring (bicyclic) bond motifs is 1. The van der Waals surface area contributed by atoms with E-state index in [0.717, 1.165) is 18.4 Å². The van der Waals surface area contributed by atoms with E-state index in [1.165, 1.54) is 25.2 Å². The van der Waals surface area contributed by atoms with Gasteiger partial charge in [0.05, 0.1) is 26.9 Å². The number of benzene rings is 2. The van der Waals surface area contributed by atoms with Gasteiger partial charge in [-0.25, -0.2) is 0 Å². The fourth-order valence-corrected chi connectivity index (χ4v) is 3.19. The van der Waals surface area contributed by atoms with Crippen molar-refractivity contribution in [3.63, 3.8) is 0 Å². The molecular weight excluding hydrogens is 344 g/mol. The molecule has 1 aromatic heterocycles. The molecular formula is C21H24N2O4. The number of para-hydroxylation sites is 1. The lowest BCUT2D eigenvalue weighted by Crippen LogP contribution is -2.25. The van der Waals surface area contributed by atoms with Crippen molar-refractivity contribution in [3.05, 3.63) is 53.7 Å². The second-order valence-electron chi connectivity index (χ2n) is 6.10. The fraction of sp³-hybridized carbons (Fsp3) is 0.286. The van der Waals surface area contributed by atoms with Crippen LogP contribution in [0.5, 0.6) is 17.2 Å². The molecule has 27 heavy (non-hydrogen) atoms. The molecule has 142 valence electrons. The second-order valence-corrected chi connectivity index (χ2v) is 6.10. The largest absolute Gasteiger partial charge is 0.493 e. The molecule has 0 radical (unpaired) electrons. The quantitative estimate of drug-likeness (QED) is 0.597. The third kappa shape index (κ3) is 3.84. The predicted octanol–water partition coefficient (Wildman–Crippen LogP) is 3.56. The smallest absolute Gasteiger partial charge is 0.255 e. The Bertz CT molecular complexity index is 933. The number of amides is 1. The molecule has 0 saturated heterocycles. The van der Waals surface area contributed by atoms with Crippen molar-refractivity contribution in [1.29, 1.82) is 0 Å². The van der Waals surface area contributed by atoms with E-state index in [-0.39, 0.29) is 5.91 Å². The Morgan fingerprint density at radius 3 is 2.52 bits per heavy atom. The van der Waals surface area contributed by atoms with Crippen LogP contribution in [0, 0.1) is 0 Å². The lowest BCUT2D eigenvalue weighted by atomic mass is 10.1. The Hall–Kier alpha value is -3.15. The number of carbonyl (C=O) groups is 1. The van der Waals surface area contributed by atoms with E-state index in [1.807, 2.05) is 18.3 Å². The van der Waals surface area contributed by atoms with E-state index < -0.39 is 0 Å². The number of nitrogens with one attached hydrogen (secondary N) is 2. The SMILES string of the molecule is COc1ccc(C(=O)NCCCc2c[nH]c3ccccc23)c(OC)c1OC. The predicted molar refractivity (Wildman–Crippen MR) is 105 cm³/mol. The van der Waals surface area contributed by atoms with Crippen LogP contribution in [0.1, 0.15) is 22.3 Å². The summed E-state index contributed by atoms with van der Waals surface area (Å²) >= 11 is 0. The van der Waals surface area contributed by atoms with Crippen molar-refractivity contribution in [2.75, 3.05) is 27.9 Å². The van der Waals surface area contributed by atoms with Crippen LogP contribution in [0.25, 0.3) is 10.9 Å². The van der Waals surface area contributed by atoms with E-state index in [4.69, 9.17) is 14.2 Å². The molecule has 6 nitrogen and oxygen atoms in total. The Morgan fingerprint density at radius 1 is 1.00 bits per heavy atom. The molecule has 2 N–H and O–H groups in total. The average Bonchev–Trinajstić information content (AvgIpc) is 3.12. The summed E-state index contributed by atoms with van der Waals surface area (Å²) in [6.07, 6.45) is 3.75. The first-order valence-corrected chi connectivity index (χ1v) is 8.81. The zero-order valence-corrected chi connectivity index (χ0v) is 15.8. The van der Waals surface area contributed by atoms with Crippen molar-refractivity contribution in [2.45, 2.75) is 12.8 Å². The molecule has 0 aliphatic carbocycles. The molecule has 0 bridgehead atoms. The van der Waals surface area contributed by atoms with E-state index in [0.29, 0.717) is 29.4 Å². The number of hydrogen-bond donors (Lipinski definition) is 2.